The number of nitrogens with one attached hydrogen (secondary N) is 2. The fraction of sp³-hybridized carbons (Fsp3) is 0.333. The van der Waals surface area contributed by atoms with Gasteiger partial charge in [0.2, 0.25) is 10.5 Å². The lowest BCUT2D eigenvalue weighted by Gasteiger charge is -2.07. The molecule has 2 aromatic rings. The smallest absolute Gasteiger partial charge is 0.264 e. The summed E-state index contributed by atoms with van der Waals surface area (Å²) in [5.74, 6) is 0.308. The van der Waals surface area contributed by atoms with E-state index in [-0.39, 0.29) is 28.1 Å². The van der Waals surface area contributed by atoms with Gasteiger partial charge in [0.1, 0.15) is 0 Å². The SMILES string of the molecule is Cc1[nH]c2nc(=S)[nH]c(=S)n2c(=O)c1CCO. The summed E-state index contributed by atoms with van der Waals surface area (Å²) in [6, 6.07) is 0. The first-order chi connectivity index (χ1) is 8.04. The van der Waals surface area contributed by atoms with E-state index in [0.717, 1.165) is 0 Å². The predicted molar refractivity (Wildman–Crippen MR) is 67.4 cm³/mol. The number of rotatable bonds is 2. The van der Waals surface area contributed by atoms with E-state index in [9.17, 15) is 4.79 Å². The zero-order chi connectivity index (χ0) is 12.6. The number of hydrogen-bond acceptors (Lipinski definition) is 5. The van der Waals surface area contributed by atoms with Crippen LogP contribution in [-0.2, 0) is 6.42 Å². The molecule has 90 valence electrons. The van der Waals surface area contributed by atoms with Gasteiger partial charge in [-0.25, -0.2) is 4.40 Å². The minimum absolute atomic E-state index is 0.0982. The summed E-state index contributed by atoms with van der Waals surface area (Å²) >= 11 is 9.92. The maximum atomic E-state index is 12.1. The van der Waals surface area contributed by atoms with Gasteiger partial charge in [-0.15, -0.1) is 0 Å². The summed E-state index contributed by atoms with van der Waals surface area (Å²) in [5, 5.41) is 8.93. The lowest BCUT2D eigenvalue weighted by atomic mass is 10.2. The molecule has 0 aliphatic heterocycles. The normalized spacial score (nSPS) is 10.9. The van der Waals surface area contributed by atoms with Gasteiger partial charge >= 0.3 is 0 Å². The van der Waals surface area contributed by atoms with Gasteiger partial charge in [-0.3, -0.25) is 4.79 Å². The van der Waals surface area contributed by atoms with E-state index in [1.54, 1.807) is 6.92 Å². The monoisotopic (exact) mass is 270 g/mol. The summed E-state index contributed by atoms with van der Waals surface area (Å²) in [6.07, 6.45) is 0.272. The summed E-state index contributed by atoms with van der Waals surface area (Å²) in [5.41, 5.74) is 0.865. The van der Waals surface area contributed by atoms with Gasteiger partial charge in [-0.2, -0.15) is 4.98 Å². The van der Waals surface area contributed by atoms with E-state index in [4.69, 9.17) is 29.5 Å². The summed E-state index contributed by atoms with van der Waals surface area (Å²) < 4.78 is 1.66. The summed E-state index contributed by atoms with van der Waals surface area (Å²) in [7, 11) is 0. The second-order valence-corrected chi connectivity index (χ2v) is 4.29. The molecule has 0 bridgehead atoms. The molecule has 2 aromatic heterocycles. The largest absolute Gasteiger partial charge is 0.396 e. The van der Waals surface area contributed by atoms with Crippen LogP contribution in [0.3, 0.4) is 0 Å². The van der Waals surface area contributed by atoms with E-state index >= 15 is 0 Å². The number of fused-ring (bicyclic) bond motifs is 1. The van der Waals surface area contributed by atoms with E-state index in [0.29, 0.717) is 17.0 Å². The van der Waals surface area contributed by atoms with E-state index in [2.05, 4.69) is 15.0 Å². The van der Waals surface area contributed by atoms with E-state index < -0.39 is 0 Å². The Morgan fingerprint density at radius 3 is 2.76 bits per heavy atom. The first-order valence-corrected chi connectivity index (χ1v) is 5.72. The molecule has 8 heteroatoms. The molecule has 2 rings (SSSR count). The highest BCUT2D eigenvalue weighted by molar-refractivity contribution is 7.71. The Kier molecular flexibility index (Phi) is 3.18. The van der Waals surface area contributed by atoms with Crippen LogP contribution in [0.1, 0.15) is 11.3 Å². The molecule has 0 saturated carbocycles. The third kappa shape index (κ3) is 2.06. The molecule has 0 atom stereocenters. The van der Waals surface area contributed by atoms with E-state index in [1.165, 1.54) is 4.40 Å². The van der Waals surface area contributed by atoms with Gasteiger partial charge < -0.3 is 15.1 Å². The van der Waals surface area contributed by atoms with Gasteiger partial charge in [-0.1, -0.05) is 0 Å². The predicted octanol–water partition coefficient (Wildman–Crippen LogP) is 0.653. The number of aliphatic hydroxyl groups excluding tert-OH is 1. The first kappa shape index (κ1) is 12.1. The zero-order valence-electron chi connectivity index (χ0n) is 8.98. The number of aryl methyl sites for hydroxylation is 1. The maximum absolute atomic E-state index is 12.1. The van der Waals surface area contributed by atoms with Crippen LogP contribution in [-0.4, -0.2) is 31.1 Å². The molecule has 0 aliphatic carbocycles. The molecule has 0 aromatic carbocycles. The lowest BCUT2D eigenvalue weighted by Crippen LogP contribution is -2.24. The standard InChI is InChI=1S/C9H10N4O2S2/c1-4-5(2-3-14)6(15)13-7(10-4)11-8(16)12-9(13)17/h14H,2-3H2,1H3,(H2,10,11,12,16,17). The molecule has 0 spiro atoms. The number of nitrogens with zero attached hydrogens (tertiary/aromatic N) is 2. The van der Waals surface area contributed by atoms with Crippen molar-refractivity contribution >= 4 is 30.2 Å². The number of H-pyrrole nitrogens is 2. The molecule has 0 saturated heterocycles. The van der Waals surface area contributed by atoms with Gasteiger partial charge in [0.15, 0.2) is 4.77 Å². The van der Waals surface area contributed by atoms with Crippen LogP contribution >= 0.6 is 24.4 Å². The summed E-state index contributed by atoms with van der Waals surface area (Å²) in [4.78, 5) is 21.7. The van der Waals surface area contributed by atoms with Crippen LogP contribution in [0.4, 0.5) is 0 Å². The molecule has 0 radical (unpaired) electrons. The highest BCUT2D eigenvalue weighted by Gasteiger charge is 2.09. The number of aliphatic hydroxyl groups is 1. The van der Waals surface area contributed by atoms with Crippen molar-refractivity contribution in [3.8, 4) is 0 Å². The maximum Gasteiger partial charge on any atom is 0.264 e. The second-order valence-electron chi connectivity index (χ2n) is 3.51. The highest BCUT2D eigenvalue weighted by Crippen LogP contribution is 2.02. The van der Waals surface area contributed by atoms with Crippen molar-refractivity contribution in [3.63, 3.8) is 0 Å². The van der Waals surface area contributed by atoms with Crippen LogP contribution in [0.2, 0.25) is 0 Å². The third-order valence-electron chi connectivity index (χ3n) is 2.41. The van der Waals surface area contributed by atoms with Gasteiger partial charge in [0.25, 0.3) is 5.56 Å². The molecule has 0 unspecified atom stereocenters. The topological polar surface area (TPSA) is 86.2 Å². The Hall–Kier alpha value is -1.38. The van der Waals surface area contributed by atoms with Crippen LogP contribution in [0, 0.1) is 16.5 Å². The molecular formula is C9H10N4O2S2. The van der Waals surface area contributed by atoms with Gasteiger partial charge in [0.05, 0.1) is 0 Å². The Morgan fingerprint density at radius 2 is 2.12 bits per heavy atom. The Balaban J connectivity index is 2.98. The molecular weight excluding hydrogens is 260 g/mol. The number of hydrogen-bond donors (Lipinski definition) is 3. The Bertz CT molecular complexity index is 743. The quantitative estimate of drug-likeness (QED) is 0.698. The highest BCUT2D eigenvalue weighted by atomic mass is 32.1. The van der Waals surface area contributed by atoms with Crippen LogP contribution < -0.4 is 5.56 Å². The fourth-order valence-electron chi connectivity index (χ4n) is 1.63. The van der Waals surface area contributed by atoms with Crippen molar-refractivity contribution in [2.75, 3.05) is 6.61 Å². The average molecular weight is 270 g/mol. The number of aromatic amines is 2. The zero-order valence-corrected chi connectivity index (χ0v) is 10.6. The molecule has 0 fully saturated rings. The average Bonchev–Trinajstić information content (AvgIpc) is 2.22. The molecule has 6 nitrogen and oxygen atoms in total. The van der Waals surface area contributed by atoms with Crippen LogP contribution in [0.25, 0.3) is 5.78 Å². The van der Waals surface area contributed by atoms with Crippen molar-refractivity contribution in [2.24, 2.45) is 0 Å². The fourth-order valence-corrected chi connectivity index (χ4v) is 2.15. The molecule has 0 aliphatic rings. The molecule has 3 N–H and O–H groups in total. The van der Waals surface area contributed by atoms with Crippen LogP contribution in [0.5, 0.6) is 0 Å². The van der Waals surface area contributed by atoms with Crippen LogP contribution in [0.15, 0.2) is 4.79 Å². The number of aromatic nitrogens is 4. The second kappa shape index (κ2) is 4.47. The minimum Gasteiger partial charge on any atom is -0.396 e. The lowest BCUT2D eigenvalue weighted by molar-refractivity contribution is 0.298. The third-order valence-corrected chi connectivity index (χ3v) is 2.89. The van der Waals surface area contributed by atoms with Crippen molar-refractivity contribution in [1.29, 1.82) is 0 Å². The first-order valence-electron chi connectivity index (χ1n) is 4.90. The Labute approximate surface area is 106 Å². The molecule has 0 amide bonds. The Morgan fingerprint density at radius 1 is 1.41 bits per heavy atom. The summed E-state index contributed by atoms with van der Waals surface area (Å²) in [6.45, 7) is 1.65. The molecule has 2 heterocycles. The van der Waals surface area contributed by atoms with Gasteiger partial charge in [-0.05, 0) is 31.4 Å². The van der Waals surface area contributed by atoms with Crippen molar-refractivity contribution < 1.29 is 5.11 Å². The van der Waals surface area contributed by atoms with Crippen molar-refractivity contribution in [3.05, 3.63) is 31.2 Å². The molecule has 17 heavy (non-hydrogen) atoms. The van der Waals surface area contributed by atoms with Crippen molar-refractivity contribution in [2.45, 2.75) is 13.3 Å². The van der Waals surface area contributed by atoms with E-state index in [1.807, 2.05) is 0 Å². The van der Waals surface area contributed by atoms with Gasteiger partial charge in [0, 0.05) is 24.3 Å². The minimum atomic E-state index is -0.283. The van der Waals surface area contributed by atoms with Crippen molar-refractivity contribution in [1.82, 2.24) is 19.4 Å².